The molecule has 0 aliphatic carbocycles. The van der Waals surface area contributed by atoms with Gasteiger partial charge < -0.3 is 19.7 Å². The molecule has 0 aliphatic heterocycles. The van der Waals surface area contributed by atoms with Gasteiger partial charge in [0.1, 0.15) is 10.2 Å². The third-order valence-electron chi connectivity index (χ3n) is 2.72. The first-order valence-electron chi connectivity index (χ1n) is 5.73. The molecule has 0 spiro atoms. The van der Waals surface area contributed by atoms with E-state index in [2.05, 4.69) is 46.6 Å². The van der Waals surface area contributed by atoms with Gasteiger partial charge in [0.15, 0.2) is 16.0 Å². The second-order valence-corrected chi connectivity index (χ2v) is 5.45. The summed E-state index contributed by atoms with van der Waals surface area (Å²) in [5, 5.41) is 17.9. The van der Waals surface area contributed by atoms with E-state index in [9.17, 15) is 29.4 Å². The summed E-state index contributed by atoms with van der Waals surface area (Å²) >= 11 is 5.79. The minimum atomic E-state index is -1.54. The van der Waals surface area contributed by atoms with E-state index in [0.29, 0.717) is 0 Å². The molecule has 2 N–H and O–H groups in total. The molecule has 124 valence electrons. The fourth-order valence-corrected chi connectivity index (χ4v) is 2.92. The van der Waals surface area contributed by atoms with Crippen molar-refractivity contribution in [3.8, 4) is 11.6 Å². The quantitative estimate of drug-likeness (QED) is 0.477. The molecule has 0 fully saturated rings. The minimum absolute atomic E-state index is 0.00438. The number of rotatable bonds is 6. The summed E-state index contributed by atoms with van der Waals surface area (Å²) in [7, 11) is 0. The van der Waals surface area contributed by atoms with Gasteiger partial charge in [-0.15, -0.1) is 0 Å². The Labute approximate surface area is 148 Å². The van der Waals surface area contributed by atoms with E-state index in [-0.39, 0.29) is 32.9 Å². The molecule has 0 aliphatic rings. The Bertz CT molecular complexity index is 899. The molecular formula is C12H4Br2N2O8. The standard InChI is InChI=1S/C12H4Br2N2O8/c13-8-5(11(19)20)3-4(6(15-8)12(21)22)7(23-1-17)9(14)16-10(3)24-2-18/h1-2H,(H,19,20)(H,21,22). The van der Waals surface area contributed by atoms with Crippen LogP contribution in [0.3, 0.4) is 0 Å². The van der Waals surface area contributed by atoms with Gasteiger partial charge >= 0.3 is 11.9 Å². The zero-order chi connectivity index (χ0) is 18.0. The maximum absolute atomic E-state index is 11.5. The van der Waals surface area contributed by atoms with Crippen molar-refractivity contribution in [2.24, 2.45) is 0 Å². The molecule has 2 heterocycles. The molecule has 0 saturated carbocycles. The van der Waals surface area contributed by atoms with Crippen LogP contribution >= 0.6 is 31.9 Å². The molecule has 24 heavy (non-hydrogen) atoms. The van der Waals surface area contributed by atoms with E-state index in [0.717, 1.165) is 0 Å². The highest BCUT2D eigenvalue weighted by Gasteiger charge is 2.29. The Morgan fingerprint density at radius 3 is 2.04 bits per heavy atom. The maximum atomic E-state index is 11.5. The smallest absolute Gasteiger partial charge is 0.355 e. The summed E-state index contributed by atoms with van der Waals surface area (Å²) in [5.74, 6) is -3.94. The molecule has 2 aromatic rings. The Kier molecular flexibility index (Phi) is 5.09. The summed E-state index contributed by atoms with van der Waals surface area (Å²) in [5.41, 5.74) is -1.17. The van der Waals surface area contributed by atoms with Crippen molar-refractivity contribution in [2.75, 3.05) is 0 Å². The predicted molar refractivity (Wildman–Crippen MR) is 82.2 cm³/mol. The molecule has 0 saturated heterocycles. The van der Waals surface area contributed by atoms with Crippen LogP contribution in [0, 0.1) is 0 Å². The lowest BCUT2D eigenvalue weighted by Crippen LogP contribution is -2.11. The summed E-state index contributed by atoms with van der Waals surface area (Å²) < 4.78 is 8.82. The average molecular weight is 464 g/mol. The van der Waals surface area contributed by atoms with Crippen LogP contribution in [0.1, 0.15) is 20.8 Å². The molecule has 0 unspecified atom stereocenters. The van der Waals surface area contributed by atoms with Crippen LogP contribution in [0.5, 0.6) is 11.6 Å². The second kappa shape index (κ2) is 6.88. The monoisotopic (exact) mass is 462 g/mol. The topological polar surface area (TPSA) is 153 Å². The first-order valence-corrected chi connectivity index (χ1v) is 7.31. The van der Waals surface area contributed by atoms with Gasteiger partial charge in [-0.3, -0.25) is 9.59 Å². The van der Waals surface area contributed by atoms with Crippen molar-refractivity contribution in [1.29, 1.82) is 0 Å². The second-order valence-electron chi connectivity index (χ2n) is 3.95. The molecule has 0 atom stereocenters. The van der Waals surface area contributed by atoms with Crippen LogP contribution in [0.2, 0.25) is 0 Å². The number of aromatic nitrogens is 2. The third-order valence-corrected chi connectivity index (χ3v) is 3.83. The summed E-state index contributed by atoms with van der Waals surface area (Å²) in [6.45, 7) is -0.0234. The number of nitrogens with zero attached hydrogens (tertiary/aromatic N) is 2. The summed E-state index contributed by atoms with van der Waals surface area (Å²) in [4.78, 5) is 51.8. The van der Waals surface area contributed by atoms with E-state index >= 15 is 0 Å². The highest BCUT2D eigenvalue weighted by molar-refractivity contribution is 9.10. The van der Waals surface area contributed by atoms with Crippen molar-refractivity contribution < 1.29 is 38.9 Å². The third kappa shape index (κ3) is 2.92. The van der Waals surface area contributed by atoms with Crippen molar-refractivity contribution in [2.45, 2.75) is 0 Å². The van der Waals surface area contributed by atoms with Crippen LogP contribution in [0.4, 0.5) is 0 Å². The largest absolute Gasteiger partial charge is 0.478 e. The fourth-order valence-electron chi connectivity index (χ4n) is 1.93. The molecule has 0 radical (unpaired) electrons. The van der Waals surface area contributed by atoms with Gasteiger partial charge in [-0.2, -0.15) is 0 Å². The van der Waals surface area contributed by atoms with Gasteiger partial charge in [0.25, 0.3) is 12.9 Å². The first kappa shape index (κ1) is 17.7. The first-order chi connectivity index (χ1) is 11.3. The van der Waals surface area contributed by atoms with Crippen LogP contribution < -0.4 is 9.47 Å². The number of halogens is 2. The number of pyridine rings is 2. The summed E-state index contributed by atoms with van der Waals surface area (Å²) in [6.07, 6.45) is 0. The Morgan fingerprint density at radius 2 is 1.54 bits per heavy atom. The Morgan fingerprint density at radius 1 is 0.917 bits per heavy atom. The van der Waals surface area contributed by atoms with Crippen LogP contribution in [0.25, 0.3) is 10.8 Å². The number of carbonyl (C=O) groups excluding carboxylic acids is 2. The zero-order valence-electron chi connectivity index (χ0n) is 11.1. The molecule has 10 nitrogen and oxygen atoms in total. The van der Waals surface area contributed by atoms with Crippen molar-refractivity contribution in [3.63, 3.8) is 0 Å². The van der Waals surface area contributed by atoms with Gasteiger partial charge in [0.05, 0.1) is 10.8 Å². The van der Waals surface area contributed by atoms with Crippen molar-refractivity contribution in [3.05, 3.63) is 20.5 Å². The average Bonchev–Trinajstić information content (AvgIpc) is 2.50. The molecule has 2 aromatic heterocycles. The normalized spacial score (nSPS) is 10.2. The molecule has 2 rings (SSSR count). The lowest BCUT2D eigenvalue weighted by atomic mass is 10.1. The number of carboxylic acid groups (broad SMARTS) is 2. The van der Waals surface area contributed by atoms with E-state index in [1.165, 1.54) is 0 Å². The highest BCUT2D eigenvalue weighted by Crippen LogP contribution is 2.42. The van der Waals surface area contributed by atoms with Gasteiger partial charge in [-0.05, 0) is 31.9 Å². The predicted octanol–water partition coefficient (Wildman–Crippen LogP) is 1.62. The van der Waals surface area contributed by atoms with Gasteiger partial charge in [-0.25, -0.2) is 19.6 Å². The van der Waals surface area contributed by atoms with Crippen molar-refractivity contribution in [1.82, 2.24) is 9.97 Å². The number of carbonyl (C=O) groups is 4. The number of fused-ring (bicyclic) bond motifs is 1. The van der Waals surface area contributed by atoms with Gasteiger partial charge in [0.2, 0.25) is 5.88 Å². The SMILES string of the molecule is O=COc1nc(Br)c(OC=O)c2c(C(=O)O)nc(Br)c(C(=O)O)c12. The van der Waals surface area contributed by atoms with E-state index in [4.69, 9.17) is 4.74 Å². The lowest BCUT2D eigenvalue weighted by molar-refractivity contribution is -0.121. The molecule has 0 amide bonds. The van der Waals surface area contributed by atoms with E-state index in [1.807, 2.05) is 0 Å². The maximum Gasteiger partial charge on any atom is 0.355 e. The van der Waals surface area contributed by atoms with Crippen LogP contribution in [-0.2, 0) is 9.59 Å². The zero-order valence-corrected chi connectivity index (χ0v) is 14.3. The number of carboxylic acids is 2. The number of hydrogen-bond donors (Lipinski definition) is 2. The number of ether oxygens (including phenoxy) is 2. The van der Waals surface area contributed by atoms with Crippen LogP contribution in [0.15, 0.2) is 9.21 Å². The van der Waals surface area contributed by atoms with E-state index in [1.54, 1.807) is 0 Å². The number of aromatic carboxylic acids is 2. The van der Waals surface area contributed by atoms with E-state index < -0.39 is 34.8 Å². The van der Waals surface area contributed by atoms with Gasteiger partial charge in [0, 0.05) is 0 Å². The van der Waals surface area contributed by atoms with Crippen LogP contribution in [-0.4, -0.2) is 45.1 Å². The highest BCUT2D eigenvalue weighted by atomic mass is 79.9. The minimum Gasteiger partial charge on any atom is -0.478 e. The molecule has 12 heteroatoms. The van der Waals surface area contributed by atoms with Gasteiger partial charge in [-0.1, -0.05) is 0 Å². The van der Waals surface area contributed by atoms with Crippen molar-refractivity contribution >= 4 is 67.5 Å². The molecular weight excluding hydrogens is 460 g/mol. The molecule has 0 bridgehead atoms. The fraction of sp³-hybridized carbons (Fsp3) is 0. The summed E-state index contributed by atoms with van der Waals surface area (Å²) in [6, 6.07) is 0. The number of hydrogen-bond acceptors (Lipinski definition) is 8. The Balaban J connectivity index is 3.19. The molecule has 0 aromatic carbocycles. The Hall–Kier alpha value is -2.60. The lowest BCUT2D eigenvalue weighted by Gasteiger charge is -2.14.